The maximum Gasteiger partial charge on any atom is 0.135 e. The molecule has 164 valence electrons. The number of benzene rings is 2. The van der Waals surface area contributed by atoms with E-state index in [2.05, 4.69) is 58.8 Å². The van der Waals surface area contributed by atoms with Crippen LogP contribution >= 0.6 is 54.5 Å². The van der Waals surface area contributed by atoms with E-state index in [1.165, 1.54) is 16.1 Å². The first-order chi connectivity index (χ1) is 13.2. The number of halogens is 3. The van der Waals surface area contributed by atoms with E-state index < -0.39 is 19.5 Å². The zero-order chi connectivity index (χ0) is 22.8. The Hall–Kier alpha value is -0.370. The van der Waals surface area contributed by atoms with E-state index in [1.54, 1.807) is 38.9 Å². The smallest absolute Gasteiger partial charge is 0.135 e. The first-order valence-corrected chi connectivity index (χ1v) is 15.2. The van der Waals surface area contributed by atoms with E-state index in [-0.39, 0.29) is 0 Å². The Bertz CT molecular complexity index is 1020. The third-order valence-corrected chi connectivity index (χ3v) is 5.20. The van der Waals surface area contributed by atoms with Crippen molar-refractivity contribution >= 4 is 79.6 Å². The lowest BCUT2D eigenvalue weighted by molar-refractivity contribution is 0.412. The molecule has 0 bridgehead atoms. The normalized spacial score (nSPS) is 10.7. The van der Waals surface area contributed by atoms with Gasteiger partial charge in [0.2, 0.25) is 0 Å². The molecule has 0 aromatic heterocycles. The summed E-state index contributed by atoms with van der Waals surface area (Å²) in [4.78, 5) is 0. The first kappa shape index (κ1) is 28.6. The number of hydrogen-bond donors (Lipinski definition) is 1. The molecule has 1 N–H and O–H groups in total. The number of methoxy groups -OCH3 is 2. The minimum atomic E-state index is -2.17. The van der Waals surface area contributed by atoms with Gasteiger partial charge in [0.25, 0.3) is 0 Å². The minimum Gasteiger partial charge on any atom is -0.496 e. The molecule has 0 spiro atoms. The highest BCUT2D eigenvalue weighted by Crippen LogP contribution is 2.29. The van der Waals surface area contributed by atoms with Gasteiger partial charge in [0.15, 0.2) is 0 Å². The molecule has 0 atom stereocenters. The minimum absolute atomic E-state index is 0.667. The molecular formula is C18H25Br2IN2O4S2. The highest BCUT2D eigenvalue weighted by atomic mass is 127. The second-order valence-corrected chi connectivity index (χ2v) is 14.1. The second kappa shape index (κ2) is 13.1. The van der Waals surface area contributed by atoms with Gasteiger partial charge in [0.05, 0.1) is 28.9 Å². The Kier molecular flexibility index (Phi) is 13.0. The molecule has 29 heavy (non-hydrogen) atoms. The largest absolute Gasteiger partial charge is 0.496 e. The molecule has 0 fully saturated rings. The lowest BCUT2D eigenvalue weighted by atomic mass is 10.3. The van der Waals surface area contributed by atoms with Crippen LogP contribution in [0.25, 0.3) is 0 Å². The molecule has 2 aromatic carbocycles. The molecule has 2 aromatic rings. The van der Waals surface area contributed by atoms with Crippen LogP contribution in [0.4, 0.5) is 5.69 Å². The molecule has 6 nitrogen and oxygen atoms in total. The maximum absolute atomic E-state index is 11.4. The molecular weight excluding hydrogens is 659 g/mol. The van der Waals surface area contributed by atoms with Crippen LogP contribution in [-0.4, -0.2) is 47.7 Å². The van der Waals surface area contributed by atoms with Gasteiger partial charge in [0.1, 0.15) is 11.5 Å². The topological polar surface area (TPSA) is 88.8 Å². The predicted molar refractivity (Wildman–Crippen MR) is 139 cm³/mol. The molecule has 0 unspecified atom stereocenters. The van der Waals surface area contributed by atoms with Gasteiger partial charge in [0, 0.05) is 54.1 Å². The van der Waals surface area contributed by atoms with Crippen molar-refractivity contribution in [1.29, 1.82) is 4.78 Å². The Morgan fingerprint density at radius 2 is 1.31 bits per heavy atom. The van der Waals surface area contributed by atoms with Gasteiger partial charge in [-0.25, -0.2) is 4.21 Å². The summed E-state index contributed by atoms with van der Waals surface area (Å²) in [7, 11) is -1.03. The Balaban J connectivity index is 0.000000455. The van der Waals surface area contributed by atoms with Crippen LogP contribution in [0.2, 0.25) is 0 Å². The number of hydrogen-bond acceptors (Lipinski definition) is 6. The van der Waals surface area contributed by atoms with Crippen molar-refractivity contribution in [2.75, 3.05) is 39.2 Å². The van der Waals surface area contributed by atoms with E-state index >= 15 is 0 Å². The van der Waals surface area contributed by atoms with Crippen molar-refractivity contribution in [3.63, 3.8) is 0 Å². The third-order valence-electron chi connectivity index (χ3n) is 2.57. The Morgan fingerprint density at radius 1 is 0.897 bits per heavy atom. The number of nitrogens with one attached hydrogen (secondary N) is 1. The molecule has 0 heterocycles. The van der Waals surface area contributed by atoms with Gasteiger partial charge in [-0.1, -0.05) is 0 Å². The quantitative estimate of drug-likeness (QED) is 0.392. The van der Waals surface area contributed by atoms with Crippen LogP contribution in [0.5, 0.6) is 11.5 Å². The third kappa shape index (κ3) is 15.1. The van der Waals surface area contributed by atoms with E-state index in [0.717, 1.165) is 14.7 Å². The van der Waals surface area contributed by atoms with Crippen LogP contribution < -0.4 is 9.47 Å². The number of nitrogens with zero attached hydrogens (tertiary/aromatic N) is 1. The van der Waals surface area contributed by atoms with Crippen molar-refractivity contribution in [1.82, 2.24) is 0 Å². The SMILES string of the molecule is COc1cc(I)ccc1Br.COc1cc(N=S(C)(C)=O)ccc1Br.CS(C)(=N)=O. The van der Waals surface area contributed by atoms with Crippen molar-refractivity contribution in [2.24, 2.45) is 4.36 Å². The monoisotopic (exact) mass is 682 g/mol. The number of ether oxygens (including phenoxy) is 2. The van der Waals surface area contributed by atoms with Crippen LogP contribution in [0, 0.1) is 8.35 Å². The van der Waals surface area contributed by atoms with E-state index in [4.69, 9.17) is 14.3 Å². The standard InChI is InChI=1S/C9H12BrNO2S.C7H6BrIO.C2H7NOS/c1-13-9-6-7(4-5-8(9)10)11-14(2,3)12;1-10-7-4-5(9)2-3-6(7)8;1-5(2,3)4/h4-6H,1-3H3;2-4H,1H3;3H,1-2H3. The summed E-state index contributed by atoms with van der Waals surface area (Å²) in [5, 5.41) is 0. The molecule has 2 rings (SSSR count). The highest BCUT2D eigenvalue weighted by molar-refractivity contribution is 14.1. The van der Waals surface area contributed by atoms with Crippen molar-refractivity contribution < 1.29 is 17.9 Å². The van der Waals surface area contributed by atoms with Gasteiger partial charge in [-0.2, -0.15) is 4.36 Å². The molecule has 0 aliphatic carbocycles. The van der Waals surface area contributed by atoms with E-state index in [1.807, 2.05) is 24.3 Å². The predicted octanol–water partition coefficient (Wildman–Crippen LogP) is 6.17. The van der Waals surface area contributed by atoms with Crippen LogP contribution in [0.15, 0.2) is 49.7 Å². The van der Waals surface area contributed by atoms with Crippen LogP contribution in [0.3, 0.4) is 0 Å². The average molecular weight is 684 g/mol. The molecule has 11 heteroatoms. The van der Waals surface area contributed by atoms with Crippen molar-refractivity contribution in [3.05, 3.63) is 48.9 Å². The van der Waals surface area contributed by atoms with Crippen LogP contribution in [0.1, 0.15) is 0 Å². The highest BCUT2D eigenvalue weighted by Gasteiger charge is 2.01. The first-order valence-electron chi connectivity index (χ1n) is 7.84. The summed E-state index contributed by atoms with van der Waals surface area (Å²) < 4.78 is 45.0. The number of rotatable bonds is 3. The summed E-state index contributed by atoms with van der Waals surface area (Å²) in [6.07, 6.45) is 5.96. The van der Waals surface area contributed by atoms with Gasteiger partial charge < -0.3 is 9.47 Å². The second-order valence-electron chi connectivity index (χ2n) is 6.10. The summed E-state index contributed by atoms with van der Waals surface area (Å²) in [6.45, 7) is 0. The molecule has 0 aliphatic rings. The van der Waals surface area contributed by atoms with E-state index in [9.17, 15) is 8.42 Å². The summed E-state index contributed by atoms with van der Waals surface area (Å²) in [5.41, 5.74) is 0.667. The molecule has 0 saturated heterocycles. The fourth-order valence-corrected chi connectivity index (χ4v) is 3.49. The van der Waals surface area contributed by atoms with E-state index in [0.29, 0.717) is 11.4 Å². The zero-order valence-electron chi connectivity index (χ0n) is 17.0. The Labute approximate surface area is 204 Å². The molecule has 0 amide bonds. The lowest BCUT2D eigenvalue weighted by Gasteiger charge is -2.03. The van der Waals surface area contributed by atoms with Crippen LogP contribution in [-0.2, 0) is 19.5 Å². The summed E-state index contributed by atoms with van der Waals surface area (Å²) >= 11 is 8.94. The summed E-state index contributed by atoms with van der Waals surface area (Å²) in [5.74, 6) is 1.57. The molecule has 0 saturated carbocycles. The fraction of sp³-hybridized carbons (Fsp3) is 0.333. The van der Waals surface area contributed by atoms with Gasteiger partial charge in [-0.15, -0.1) is 0 Å². The average Bonchev–Trinajstić information content (AvgIpc) is 2.56. The van der Waals surface area contributed by atoms with Gasteiger partial charge in [-0.05, 0) is 84.8 Å². The lowest BCUT2D eigenvalue weighted by Crippen LogP contribution is -1.89. The molecule has 0 radical (unpaired) electrons. The fourth-order valence-electron chi connectivity index (χ4n) is 1.59. The Morgan fingerprint density at radius 3 is 1.69 bits per heavy atom. The van der Waals surface area contributed by atoms with Gasteiger partial charge >= 0.3 is 0 Å². The zero-order valence-corrected chi connectivity index (χ0v) is 24.0. The van der Waals surface area contributed by atoms with Crippen molar-refractivity contribution in [3.8, 4) is 11.5 Å². The summed E-state index contributed by atoms with van der Waals surface area (Å²) in [6, 6.07) is 11.3. The van der Waals surface area contributed by atoms with Gasteiger partial charge in [-0.3, -0.25) is 8.99 Å². The van der Waals surface area contributed by atoms with Crippen molar-refractivity contribution in [2.45, 2.75) is 0 Å². The maximum atomic E-state index is 11.4. The molecule has 0 aliphatic heterocycles.